The number of piperidine rings is 1. The average molecular weight is 561 g/mol. The lowest BCUT2D eigenvalue weighted by Gasteiger charge is -2.43. The van der Waals surface area contributed by atoms with Crippen molar-refractivity contribution in [1.82, 2.24) is 14.7 Å². The number of carbonyl (C=O) groups is 2. The zero-order chi connectivity index (χ0) is 28.6. The summed E-state index contributed by atoms with van der Waals surface area (Å²) in [7, 11) is 1.60. The van der Waals surface area contributed by atoms with Gasteiger partial charge in [0.05, 0.1) is 26.4 Å². The Hall–Kier alpha value is -3.69. The monoisotopic (exact) mass is 560 g/mol. The normalized spacial score (nSPS) is 21.0. The van der Waals surface area contributed by atoms with Gasteiger partial charge in [0.2, 0.25) is 5.91 Å². The van der Waals surface area contributed by atoms with E-state index in [4.69, 9.17) is 9.47 Å². The first-order chi connectivity index (χ1) is 19.9. The Morgan fingerprint density at radius 1 is 1.00 bits per heavy atom. The van der Waals surface area contributed by atoms with Gasteiger partial charge in [-0.3, -0.25) is 9.69 Å². The van der Waals surface area contributed by atoms with Gasteiger partial charge in [-0.2, -0.15) is 0 Å². The van der Waals surface area contributed by atoms with Crippen LogP contribution in [0.2, 0.25) is 0 Å². The number of carbonyl (C=O) groups excluding carboxylic acids is 2. The first kappa shape index (κ1) is 27.5. The van der Waals surface area contributed by atoms with Gasteiger partial charge in [-0.1, -0.05) is 36.4 Å². The van der Waals surface area contributed by atoms with Crippen molar-refractivity contribution < 1.29 is 23.5 Å². The smallest absolute Gasteiger partial charge is 0.410 e. The molecule has 0 bridgehead atoms. The number of hydrogen-bond acceptors (Lipinski definition) is 6. The van der Waals surface area contributed by atoms with Gasteiger partial charge in [-0.25, -0.2) is 9.18 Å². The molecule has 0 saturated carbocycles. The topological polar surface area (TPSA) is 65.6 Å². The first-order valence-corrected chi connectivity index (χ1v) is 14.3. The minimum Gasteiger partial charge on any atom is -0.442 e. The van der Waals surface area contributed by atoms with Gasteiger partial charge in [0, 0.05) is 39.0 Å². The lowest BCUT2D eigenvalue weighted by Crippen LogP contribution is -2.56. The van der Waals surface area contributed by atoms with Crippen molar-refractivity contribution in [3.05, 3.63) is 77.6 Å². The third-order valence-corrected chi connectivity index (χ3v) is 8.87. The Bertz CT molecular complexity index is 1420. The highest BCUT2D eigenvalue weighted by molar-refractivity contribution is 5.94. The lowest BCUT2D eigenvalue weighted by molar-refractivity contribution is -0.134. The van der Waals surface area contributed by atoms with E-state index in [0.717, 1.165) is 25.3 Å². The highest BCUT2D eigenvalue weighted by atomic mass is 19.1. The van der Waals surface area contributed by atoms with Crippen LogP contribution >= 0.6 is 0 Å². The summed E-state index contributed by atoms with van der Waals surface area (Å²) in [6.07, 6.45) is 0.547. The first-order valence-electron chi connectivity index (χ1n) is 14.3. The molecule has 3 aliphatic rings. The SMILES string of the molecule is COCCN1CC(CN2CN(c3ccc(F)cc3)C3(CCN(Cc4cccc5cccc(C)c45)CC3)C2=O)OC1=O. The quantitative estimate of drug-likeness (QED) is 0.407. The van der Waals surface area contributed by atoms with Crippen molar-refractivity contribution in [3.8, 4) is 0 Å². The van der Waals surface area contributed by atoms with Crippen molar-refractivity contribution in [1.29, 1.82) is 0 Å². The Kier molecular flexibility index (Phi) is 7.57. The second-order valence-electron chi connectivity index (χ2n) is 11.4. The molecule has 1 atom stereocenters. The van der Waals surface area contributed by atoms with Crippen molar-refractivity contribution in [2.45, 2.75) is 38.0 Å². The van der Waals surface area contributed by atoms with E-state index in [1.807, 2.05) is 4.90 Å². The van der Waals surface area contributed by atoms with E-state index in [2.05, 4.69) is 53.1 Å². The number of fused-ring (bicyclic) bond motifs is 1. The van der Waals surface area contributed by atoms with Crippen LogP contribution in [0.25, 0.3) is 10.8 Å². The number of benzene rings is 3. The molecule has 216 valence electrons. The summed E-state index contributed by atoms with van der Waals surface area (Å²) < 4.78 is 24.5. The van der Waals surface area contributed by atoms with Crippen LogP contribution in [-0.2, 0) is 20.8 Å². The molecule has 9 heteroatoms. The number of halogens is 1. The second-order valence-corrected chi connectivity index (χ2v) is 11.4. The molecule has 6 rings (SSSR count). The van der Waals surface area contributed by atoms with E-state index in [0.29, 0.717) is 45.8 Å². The number of hydrogen-bond donors (Lipinski definition) is 0. The summed E-state index contributed by atoms with van der Waals surface area (Å²) in [6.45, 7) is 6.52. The number of amides is 2. The highest BCUT2D eigenvalue weighted by Gasteiger charge is 2.54. The fourth-order valence-electron chi connectivity index (χ4n) is 6.73. The summed E-state index contributed by atoms with van der Waals surface area (Å²) in [5.41, 5.74) is 2.67. The maximum Gasteiger partial charge on any atom is 0.410 e. The van der Waals surface area contributed by atoms with Crippen LogP contribution in [0, 0.1) is 12.7 Å². The molecule has 3 fully saturated rings. The summed E-state index contributed by atoms with van der Waals surface area (Å²) in [6, 6.07) is 19.3. The van der Waals surface area contributed by atoms with Crippen LogP contribution in [0.5, 0.6) is 0 Å². The maximum absolute atomic E-state index is 14.2. The third kappa shape index (κ3) is 5.24. The molecule has 3 heterocycles. The number of aryl methyl sites for hydroxylation is 1. The van der Waals surface area contributed by atoms with E-state index in [1.165, 1.54) is 34.0 Å². The summed E-state index contributed by atoms with van der Waals surface area (Å²) in [5.74, 6) is -0.256. The van der Waals surface area contributed by atoms with Crippen LogP contribution in [-0.4, -0.2) is 91.5 Å². The predicted molar refractivity (Wildman–Crippen MR) is 155 cm³/mol. The number of likely N-dealkylation sites (tertiary alicyclic amines) is 1. The number of anilines is 1. The minimum atomic E-state index is -0.721. The molecule has 0 aromatic heterocycles. The van der Waals surface area contributed by atoms with Crippen LogP contribution in [0.3, 0.4) is 0 Å². The fourth-order valence-corrected chi connectivity index (χ4v) is 6.73. The van der Waals surface area contributed by atoms with Gasteiger partial charge < -0.3 is 24.2 Å². The van der Waals surface area contributed by atoms with Crippen molar-refractivity contribution in [2.24, 2.45) is 0 Å². The predicted octanol–water partition coefficient (Wildman–Crippen LogP) is 4.40. The van der Waals surface area contributed by atoms with E-state index >= 15 is 0 Å². The standard InChI is InChI=1S/C32H37FN4O4/c1-23-5-3-6-24-7-4-8-25(29(23)24)19-34-15-13-32(14-16-34)30(38)36(22-37(32)27-11-9-26(33)10-12-27)21-28-20-35(17-18-40-2)31(39)41-28/h3-12,28H,13-22H2,1-2H3. The minimum absolute atomic E-state index is 0.0499. The van der Waals surface area contributed by atoms with Crippen LogP contribution in [0.4, 0.5) is 14.9 Å². The molecule has 1 spiro atoms. The lowest BCUT2D eigenvalue weighted by atomic mass is 9.85. The fraction of sp³-hybridized carbons (Fsp3) is 0.438. The van der Waals surface area contributed by atoms with Crippen molar-refractivity contribution in [3.63, 3.8) is 0 Å². The molecular weight excluding hydrogens is 523 g/mol. The molecule has 0 radical (unpaired) electrons. The molecular formula is C32H37FN4O4. The van der Waals surface area contributed by atoms with Crippen LogP contribution in [0.1, 0.15) is 24.0 Å². The van der Waals surface area contributed by atoms with E-state index in [9.17, 15) is 14.0 Å². The zero-order valence-corrected chi connectivity index (χ0v) is 23.7. The van der Waals surface area contributed by atoms with Gasteiger partial charge in [0.25, 0.3) is 0 Å². The average Bonchev–Trinajstić information content (AvgIpc) is 3.45. The summed E-state index contributed by atoms with van der Waals surface area (Å²) in [5, 5.41) is 2.55. The van der Waals surface area contributed by atoms with E-state index < -0.39 is 11.6 Å². The highest BCUT2D eigenvalue weighted by Crippen LogP contribution is 2.40. The van der Waals surface area contributed by atoms with Gasteiger partial charge >= 0.3 is 6.09 Å². The summed E-state index contributed by atoms with van der Waals surface area (Å²) in [4.78, 5) is 34.5. The Morgan fingerprint density at radius 3 is 2.46 bits per heavy atom. The molecule has 0 aliphatic carbocycles. The molecule has 1 unspecified atom stereocenters. The number of nitrogens with zero attached hydrogens (tertiary/aromatic N) is 4. The molecule has 3 aromatic carbocycles. The molecule has 0 N–H and O–H groups in total. The Labute approximate surface area is 240 Å². The van der Waals surface area contributed by atoms with Gasteiger partial charge in [-0.15, -0.1) is 0 Å². The van der Waals surface area contributed by atoms with Gasteiger partial charge in [0.1, 0.15) is 17.5 Å². The molecule has 3 aliphatic heterocycles. The number of cyclic esters (lactones) is 1. The molecule has 3 saturated heterocycles. The van der Waals surface area contributed by atoms with Crippen molar-refractivity contribution >= 4 is 28.5 Å². The molecule has 2 amide bonds. The zero-order valence-electron chi connectivity index (χ0n) is 23.7. The number of rotatable bonds is 8. The molecule has 41 heavy (non-hydrogen) atoms. The second kappa shape index (κ2) is 11.3. The van der Waals surface area contributed by atoms with E-state index in [1.54, 1.807) is 24.1 Å². The Balaban J connectivity index is 1.20. The van der Waals surface area contributed by atoms with Crippen LogP contribution < -0.4 is 4.90 Å². The Morgan fingerprint density at radius 2 is 1.73 bits per heavy atom. The third-order valence-electron chi connectivity index (χ3n) is 8.87. The largest absolute Gasteiger partial charge is 0.442 e. The summed E-state index contributed by atoms with van der Waals surface area (Å²) >= 11 is 0. The van der Waals surface area contributed by atoms with Gasteiger partial charge in [0.15, 0.2) is 0 Å². The van der Waals surface area contributed by atoms with Gasteiger partial charge in [-0.05, 0) is 65.9 Å². The molecule has 8 nitrogen and oxygen atoms in total. The van der Waals surface area contributed by atoms with Crippen molar-refractivity contribution in [2.75, 3.05) is 58.0 Å². The molecule has 3 aromatic rings. The van der Waals surface area contributed by atoms with E-state index in [-0.39, 0.29) is 17.8 Å². The number of ether oxygens (including phenoxy) is 2. The van der Waals surface area contributed by atoms with Crippen LogP contribution in [0.15, 0.2) is 60.7 Å². The maximum atomic E-state index is 14.2. The number of methoxy groups -OCH3 is 1.